The average molecular weight is 556 g/mol. The lowest BCUT2D eigenvalue weighted by Gasteiger charge is -2.07. The van der Waals surface area contributed by atoms with E-state index in [1.165, 1.54) is 59.3 Å². The van der Waals surface area contributed by atoms with Crippen LogP contribution in [-0.2, 0) is 17.1 Å². The number of aromatic nitrogens is 5. The normalized spacial score (nSPS) is 11.5. The minimum atomic E-state index is -3.99. The minimum Gasteiger partial charge on any atom is -0.495 e. The molecule has 38 heavy (non-hydrogen) atoms. The zero-order chi connectivity index (χ0) is 27.0. The first-order chi connectivity index (χ1) is 18.1. The maximum atomic E-state index is 13.4. The first kappa shape index (κ1) is 25.2. The van der Waals surface area contributed by atoms with E-state index in [4.69, 9.17) is 16.3 Å². The van der Waals surface area contributed by atoms with Crippen molar-refractivity contribution in [2.24, 2.45) is 7.05 Å². The largest absolute Gasteiger partial charge is 0.495 e. The number of benzene rings is 2. The molecule has 2 N–H and O–H groups in total. The summed E-state index contributed by atoms with van der Waals surface area (Å²) in [4.78, 5) is 17.0. The SMILES string of the molecule is COc1ccc(-n2cc(S(=O)(=O)Nc3ccc4c(C(=O)Nc5ccc(F)c(Cl)c5)n(C)nc4c3)cn2)nc1. The molecule has 0 atom stereocenters. The Balaban J connectivity index is 1.37. The zero-order valence-corrected chi connectivity index (χ0v) is 21.5. The summed E-state index contributed by atoms with van der Waals surface area (Å²) in [5, 5.41) is 11.4. The monoisotopic (exact) mass is 555 g/mol. The number of pyridine rings is 1. The maximum absolute atomic E-state index is 13.4. The van der Waals surface area contributed by atoms with Gasteiger partial charge in [0.2, 0.25) is 0 Å². The number of carbonyl (C=O) groups excluding carboxylic acids is 1. The molecule has 14 heteroatoms. The van der Waals surface area contributed by atoms with Crippen LogP contribution in [0.2, 0.25) is 5.02 Å². The number of methoxy groups -OCH3 is 1. The molecule has 5 aromatic rings. The Morgan fingerprint density at radius 3 is 2.58 bits per heavy atom. The Kier molecular flexibility index (Phi) is 6.46. The Labute approximate surface area is 220 Å². The van der Waals surface area contributed by atoms with Gasteiger partial charge in [-0.15, -0.1) is 0 Å². The van der Waals surface area contributed by atoms with E-state index in [-0.39, 0.29) is 21.3 Å². The number of nitrogens with one attached hydrogen (secondary N) is 2. The maximum Gasteiger partial charge on any atom is 0.274 e. The number of fused-ring (bicyclic) bond motifs is 1. The molecular formula is C24H19ClFN7O4S. The number of sulfonamides is 1. The highest BCUT2D eigenvalue weighted by atomic mass is 35.5. The summed E-state index contributed by atoms with van der Waals surface area (Å²) in [5.41, 5.74) is 1.16. The Hall–Kier alpha value is -4.49. The highest BCUT2D eigenvalue weighted by Gasteiger charge is 2.21. The van der Waals surface area contributed by atoms with E-state index >= 15 is 0 Å². The number of rotatable bonds is 7. The van der Waals surface area contributed by atoms with Gasteiger partial charge in [0.15, 0.2) is 5.82 Å². The third-order valence-corrected chi connectivity index (χ3v) is 7.16. The number of halogens is 2. The Morgan fingerprint density at radius 2 is 1.87 bits per heavy atom. The van der Waals surface area contributed by atoms with Gasteiger partial charge in [-0.05, 0) is 48.5 Å². The third kappa shape index (κ3) is 4.88. The second-order valence-corrected chi connectivity index (χ2v) is 10.2. The van der Waals surface area contributed by atoms with Crippen molar-refractivity contribution in [1.82, 2.24) is 24.5 Å². The van der Waals surface area contributed by atoms with Gasteiger partial charge in [0.1, 0.15) is 22.2 Å². The number of carbonyl (C=O) groups is 1. The smallest absolute Gasteiger partial charge is 0.274 e. The fourth-order valence-corrected chi connectivity index (χ4v) is 4.87. The molecule has 194 valence electrons. The van der Waals surface area contributed by atoms with Gasteiger partial charge in [-0.3, -0.25) is 14.2 Å². The fraction of sp³-hybridized carbons (Fsp3) is 0.0833. The van der Waals surface area contributed by atoms with Crippen LogP contribution in [0, 0.1) is 5.82 Å². The van der Waals surface area contributed by atoms with Crippen molar-refractivity contribution in [3.05, 3.63) is 83.7 Å². The van der Waals surface area contributed by atoms with Crippen LogP contribution >= 0.6 is 11.6 Å². The van der Waals surface area contributed by atoms with Gasteiger partial charge in [0, 0.05) is 18.1 Å². The summed E-state index contributed by atoms with van der Waals surface area (Å²) in [6.07, 6.45) is 4.03. The van der Waals surface area contributed by atoms with Crippen molar-refractivity contribution >= 4 is 49.8 Å². The molecule has 3 aromatic heterocycles. The van der Waals surface area contributed by atoms with Crippen LogP contribution in [0.15, 0.2) is 72.0 Å². The van der Waals surface area contributed by atoms with Crippen LogP contribution in [0.3, 0.4) is 0 Å². The van der Waals surface area contributed by atoms with Gasteiger partial charge in [0.25, 0.3) is 15.9 Å². The molecule has 0 aliphatic heterocycles. The predicted octanol–water partition coefficient (Wildman–Crippen LogP) is 4.01. The molecular weight excluding hydrogens is 537 g/mol. The molecule has 0 aliphatic rings. The first-order valence-electron chi connectivity index (χ1n) is 11.0. The lowest BCUT2D eigenvalue weighted by Crippen LogP contribution is -2.16. The molecule has 1 amide bonds. The van der Waals surface area contributed by atoms with Crippen molar-refractivity contribution in [1.29, 1.82) is 0 Å². The summed E-state index contributed by atoms with van der Waals surface area (Å²) < 4.78 is 49.7. The highest BCUT2D eigenvalue weighted by Crippen LogP contribution is 2.26. The number of ether oxygens (including phenoxy) is 1. The van der Waals surface area contributed by atoms with E-state index in [1.807, 2.05) is 0 Å². The van der Waals surface area contributed by atoms with Crippen LogP contribution < -0.4 is 14.8 Å². The number of aryl methyl sites for hydroxylation is 1. The summed E-state index contributed by atoms with van der Waals surface area (Å²) in [7, 11) is -0.894. The molecule has 2 aromatic carbocycles. The predicted molar refractivity (Wildman–Crippen MR) is 139 cm³/mol. The first-order valence-corrected chi connectivity index (χ1v) is 12.8. The van der Waals surface area contributed by atoms with Gasteiger partial charge >= 0.3 is 0 Å². The number of anilines is 2. The van der Waals surface area contributed by atoms with Gasteiger partial charge in [-0.25, -0.2) is 22.5 Å². The molecule has 0 unspecified atom stereocenters. The lowest BCUT2D eigenvalue weighted by atomic mass is 10.2. The van der Waals surface area contributed by atoms with E-state index in [2.05, 4.69) is 25.2 Å². The summed E-state index contributed by atoms with van der Waals surface area (Å²) >= 11 is 5.79. The van der Waals surface area contributed by atoms with E-state index < -0.39 is 21.7 Å². The van der Waals surface area contributed by atoms with E-state index in [0.29, 0.717) is 28.2 Å². The van der Waals surface area contributed by atoms with Gasteiger partial charge in [-0.1, -0.05) is 11.6 Å². The summed E-state index contributed by atoms with van der Waals surface area (Å²) in [6, 6.07) is 11.8. The lowest BCUT2D eigenvalue weighted by molar-refractivity contribution is 0.101. The topological polar surface area (TPSA) is 133 Å². The Morgan fingerprint density at radius 1 is 1.08 bits per heavy atom. The fourth-order valence-electron chi connectivity index (χ4n) is 3.71. The molecule has 3 heterocycles. The molecule has 0 radical (unpaired) electrons. The average Bonchev–Trinajstić information content (AvgIpc) is 3.51. The number of nitrogens with zero attached hydrogens (tertiary/aromatic N) is 5. The molecule has 0 saturated heterocycles. The van der Waals surface area contributed by atoms with E-state index in [1.54, 1.807) is 25.2 Å². The zero-order valence-electron chi connectivity index (χ0n) is 19.9. The third-order valence-electron chi connectivity index (χ3n) is 5.54. The standard InChI is InChI=1S/C24H19ClFN7O4S/c1-32-23(24(34)29-14-4-7-20(26)19(25)9-14)18-6-3-15(10-21(18)30-32)31-38(35,36)17-12-28-33(13-17)22-8-5-16(37-2)11-27-22/h3-13,31H,1-2H3,(H,29,34). The number of hydrogen-bond donors (Lipinski definition) is 2. The molecule has 11 nitrogen and oxygen atoms in total. The molecule has 0 saturated carbocycles. The quantitative estimate of drug-likeness (QED) is 0.310. The molecule has 0 fully saturated rings. The van der Waals surface area contributed by atoms with Gasteiger partial charge < -0.3 is 10.1 Å². The molecule has 0 aliphatic carbocycles. The number of hydrogen-bond acceptors (Lipinski definition) is 7. The van der Waals surface area contributed by atoms with Crippen LogP contribution in [0.1, 0.15) is 10.5 Å². The second kappa shape index (κ2) is 9.76. The van der Waals surface area contributed by atoms with Gasteiger partial charge in [-0.2, -0.15) is 10.2 Å². The summed E-state index contributed by atoms with van der Waals surface area (Å²) in [5.74, 6) is -0.127. The summed E-state index contributed by atoms with van der Waals surface area (Å²) in [6.45, 7) is 0. The minimum absolute atomic E-state index is 0.0748. The van der Waals surface area contributed by atoms with Crippen molar-refractivity contribution in [3.8, 4) is 11.6 Å². The van der Waals surface area contributed by atoms with Crippen molar-refractivity contribution in [3.63, 3.8) is 0 Å². The molecule has 0 bridgehead atoms. The van der Waals surface area contributed by atoms with Crippen LogP contribution in [0.25, 0.3) is 16.7 Å². The van der Waals surface area contributed by atoms with E-state index in [0.717, 1.165) is 6.07 Å². The van der Waals surface area contributed by atoms with Crippen LogP contribution in [0.4, 0.5) is 15.8 Å². The van der Waals surface area contributed by atoms with E-state index in [9.17, 15) is 17.6 Å². The Bertz CT molecular complexity index is 1790. The van der Waals surface area contributed by atoms with Crippen molar-refractivity contribution < 1.29 is 22.3 Å². The highest BCUT2D eigenvalue weighted by molar-refractivity contribution is 7.92. The molecule has 0 spiro atoms. The van der Waals surface area contributed by atoms with Crippen molar-refractivity contribution in [2.75, 3.05) is 17.1 Å². The van der Waals surface area contributed by atoms with Gasteiger partial charge in [0.05, 0.1) is 41.9 Å². The van der Waals surface area contributed by atoms with Crippen molar-refractivity contribution in [2.45, 2.75) is 4.90 Å². The van der Waals surface area contributed by atoms with Crippen LogP contribution in [0.5, 0.6) is 5.75 Å². The van der Waals surface area contributed by atoms with Crippen LogP contribution in [-0.4, -0.2) is 46.0 Å². The molecule has 5 rings (SSSR count). The number of amides is 1. The second-order valence-electron chi connectivity index (χ2n) is 8.07.